The van der Waals surface area contributed by atoms with E-state index >= 15 is 0 Å². The molecule has 0 saturated heterocycles. The standard InChI is InChI=1S/C13H16ClNO2/c1-9(14)13-15-11(8-16-2)12(17-13)10-6-4-3-5-7-10/h3-7,9,11-12H,8H2,1-2H3/t9-,11+,12+/m1/s1. The molecule has 0 aromatic heterocycles. The first-order chi connectivity index (χ1) is 8.22. The number of benzene rings is 1. The monoisotopic (exact) mass is 253 g/mol. The molecule has 92 valence electrons. The van der Waals surface area contributed by atoms with Crippen LogP contribution >= 0.6 is 11.6 Å². The minimum absolute atomic E-state index is 0.0152. The lowest BCUT2D eigenvalue weighted by Crippen LogP contribution is -2.19. The highest BCUT2D eigenvalue weighted by Crippen LogP contribution is 2.30. The Hall–Kier alpha value is -1.06. The topological polar surface area (TPSA) is 30.8 Å². The Balaban J connectivity index is 2.18. The van der Waals surface area contributed by atoms with Crippen LogP contribution in [0.1, 0.15) is 18.6 Å². The van der Waals surface area contributed by atoms with Crippen molar-refractivity contribution in [2.45, 2.75) is 24.4 Å². The maximum Gasteiger partial charge on any atom is 0.202 e. The molecule has 17 heavy (non-hydrogen) atoms. The summed E-state index contributed by atoms with van der Waals surface area (Å²) >= 11 is 6.01. The van der Waals surface area contributed by atoms with E-state index in [9.17, 15) is 0 Å². The highest BCUT2D eigenvalue weighted by atomic mass is 35.5. The molecule has 0 aliphatic carbocycles. The molecule has 1 aliphatic heterocycles. The summed E-state index contributed by atoms with van der Waals surface area (Å²) in [6.07, 6.45) is -0.0904. The molecule has 0 unspecified atom stereocenters. The van der Waals surface area contributed by atoms with Crippen molar-refractivity contribution in [3.05, 3.63) is 35.9 Å². The normalized spacial score (nSPS) is 25.2. The largest absolute Gasteiger partial charge is 0.469 e. The molecule has 0 fully saturated rings. The van der Waals surface area contributed by atoms with Crippen molar-refractivity contribution in [2.75, 3.05) is 13.7 Å². The van der Waals surface area contributed by atoms with E-state index in [0.717, 1.165) is 5.56 Å². The Labute approximate surface area is 106 Å². The molecule has 4 heteroatoms. The second kappa shape index (κ2) is 5.52. The van der Waals surface area contributed by atoms with Crippen molar-refractivity contribution >= 4 is 17.5 Å². The van der Waals surface area contributed by atoms with Crippen molar-refractivity contribution in [2.24, 2.45) is 4.99 Å². The van der Waals surface area contributed by atoms with Gasteiger partial charge in [0.05, 0.1) is 6.61 Å². The average molecular weight is 254 g/mol. The summed E-state index contributed by atoms with van der Waals surface area (Å²) in [5.74, 6) is 0.600. The number of hydrogen-bond donors (Lipinski definition) is 0. The third kappa shape index (κ3) is 2.79. The number of ether oxygens (including phenoxy) is 2. The van der Waals surface area contributed by atoms with Gasteiger partial charge in [0.15, 0.2) is 0 Å². The lowest BCUT2D eigenvalue weighted by Gasteiger charge is -2.17. The van der Waals surface area contributed by atoms with Gasteiger partial charge >= 0.3 is 0 Å². The van der Waals surface area contributed by atoms with Gasteiger partial charge in [0.2, 0.25) is 5.90 Å². The third-order valence-electron chi connectivity index (χ3n) is 2.70. The average Bonchev–Trinajstić information content (AvgIpc) is 2.75. The van der Waals surface area contributed by atoms with Crippen LogP contribution < -0.4 is 0 Å². The Morgan fingerprint density at radius 2 is 2.12 bits per heavy atom. The Morgan fingerprint density at radius 3 is 2.71 bits per heavy atom. The summed E-state index contributed by atoms with van der Waals surface area (Å²) in [5.41, 5.74) is 1.10. The molecular weight excluding hydrogens is 238 g/mol. The number of hydrogen-bond acceptors (Lipinski definition) is 3. The first-order valence-corrected chi connectivity index (χ1v) is 6.08. The van der Waals surface area contributed by atoms with Gasteiger partial charge in [-0.2, -0.15) is 0 Å². The summed E-state index contributed by atoms with van der Waals surface area (Å²) in [6.45, 7) is 2.39. The molecule has 0 saturated carbocycles. The van der Waals surface area contributed by atoms with Crippen molar-refractivity contribution in [3.63, 3.8) is 0 Å². The molecule has 0 bridgehead atoms. The number of methoxy groups -OCH3 is 1. The van der Waals surface area contributed by atoms with Crippen molar-refractivity contribution < 1.29 is 9.47 Å². The molecule has 1 aromatic rings. The molecule has 1 aliphatic rings. The number of alkyl halides is 1. The first-order valence-electron chi connectivity index (χ1n) is 5.64. The van der Waals surface area contributed by atoms with Crippen molar-refractivity contribution in [1.82, 2.24) is 0 Å². The number of aliphatic imine (C=N–C) groups is 1. The molecule has 0 radical (unpaired) electrons. The van der Waals surface area contributed by atoms with E-state index in [1.807, 2.05) is 37.3 Å². The molecule has 3 atom stereocenters. The van der Waals surface area contributed by atoms with E-state index in [0.29, 0.717) is 12.5 Å². The molecule has 3 nitrogen and oxygen atoms in total. The lowest BCUT2D eigenvalue weighted by atomic mass is 10.0. The molecular formula is C13H16ClNO2. The zero-order valence-electron chi connectivity index (χ0n) is 9.97. The van der Waals surface area contributed by atoms with Gasteiger partial charge in [-0.3, -0.25) is 0 Å². The van der Waals surface area contributed by atoms with Crippen molar-refractivity contribution in [3.8, 4) is 0 Å². The number of halogens is 1. The lowest BCUT2D eigenvalue weighted by molar-refractivity contribution is 0.119. The van der Waals surface area contributed by atoms with E-state index in [4.69, 9.17) is 21.1 Å². The highest BCUT2D eigenvalue weighted by Gasteiger charge is 2.33. The predicted octanol–water partition coefficient (Wildman–Crippen LogP) is 2.80. The van der Waals surface area contributed by atoms with Crippen LogP contribution in [0.2, 0.25) is 0 Å². The van der Waals surface area contributed by atoms with E-state index in [1.54, 1.807) is 7.11 Å². The predicted molar refractivity (Wildman–Crippen MR) is 68.7 cm³/mol. The van der Waals surface area contributed by atoms with Crippen LogP contribution in [0.15, 0.2) is 35.3 Å². The highest BCUT2D eigenvalue weighted by molar-refractivity contribution is 6.30. The minimum Gasteiger partial charge on any atom is -0.469 e. The van der Waals surface area contributed by atoms with Crippen LogP contribution in [-0.2, 0) is 9.47 Å². The minimum atomic E-state index is -0.205. The first kappa shape index (κ1) is 12.4. The van der Waals surface area contributed by atoms with E-state index in [1.165, 1.54) is 0 Å². The van der Waals surface area contributed by atoms with Crippen molar-refractivity contribution in [1.29, 1.82) is 0 Å². The van der Waals surface area contributed by atoms with Gasteiger partial charge in [0.1, 0.15) is 17.5 Å². The Morgan fingerprint density at radius 1 is 1.41 bits per heavy atom. The van der Waals surface area contributed by atoms with E-state index in [-0.39, 0.29) is 17.5 Å². The molecule has 0 spiro atoms. The quantitative estimate of drug-likeness (QED) is 0.773. The smallest absolute Gasteiger partial charge is 0.202 e. The third-order valence-corrected chi connectivity index (χ3v) is 2.88. The second-order valence-corrected chi connectivity index (χ2v) is 4.71. The van der Waals surface area contributed by atoms with Crippen LogP contribution in [0.4, 0.5) is 0 Å². The van der Waals surface area contributed by atoms with E-state index < -0.39 is 0 Å². The fourth-order valence-electron chi connectivity index (χ4n) is 1.89. The summed E-state index contributed by atoms with van der Waals surface area (Å²) in [5, 5.41) is -0.205. The number of nitrogens with zero attached hydrogens (tertiary/aromatic N) is 1. The summed E-state index contributed by atoms with van der Waals surface area (Å²) in [6, 6.07) is 10.0. The molecule has 1 aromatic carbocycles. The fourth-order valence-corrected chi connectivity index (χ4v) is 2.00. The molecule has 0 N–H and O–H groups in total. The summed E-state index contributed by atoms with van der Waals surface area (Å²) in [4.78, 5) is 4.47. The molecule has 2 rings (SSSR count). The van der Waals surface area contributed by atoms with Crippen LogP contribution in [0.25, 0.3) is 0 Å². The van der Waals surface area contributed by atoms with Gasteiger partial charge in [0, 0.05) is 7.11 Å². The second-order valence-electron chi connectivity index (χ2n) is 4.06. The van der Waals surface area contributed by atoms with Crippen LogP contribution in [0.3, 0.4) is 0 Å². The maximum absolute atomic E-state index is 6.01. The van der Waals surface area contributed by atoms with Gasteiger partial charge in [-0.05, 0) is 12.5 Å². The Kier molecular flexibility index (Phi) is 4.02. The van der Waals surface area contributed by atoms with Gasteiger partial charge < -0.3 is 9.47 Å². The molecule has 0 amide bonds. The molecule has 1 heterocycles. The zero-order chi connectivity index (χ0) is 12.3. The van der Waals surface area contributed by atoms with Crippen LogP contribution in [-0.4, -0.2) is 31.0 Å². The van der Waals surface area contributed by atoms with Crippen LogP contribution in [0, 0.1) is 0 Å². The van der Waals surface area contributed by atoms with Gasteiger partial charge in [-0.15, -0.1) is 11.6 Å². The van der Waals surface area contributed by atoms with Crippen LogP contribution in [0.5, 0.6) is 0 Å². The summed E-state index contributed by atoms with van der Waals surface area (Å²) < 4.78 is 11.0. The SMILES string of the molecule is COC[C@@H]1N=C([C@@H](C)Cl)O[C@H]1c1ccccc1. The van der Waals surface area contributed by atoms with Gasteiger partial charge in [0.25, 0.3) is 0 Å². The van der Waals surface area contributed by atoms with Gasteiger partial charge in [-0.25, -0.2) is 4.99 Å². The summed E-state index contributed by atoms with van der Waals surface area (Å²) in [7, 11) is 1.67. The number of rotatable bonds is 4. The fraction of sp³-hybridized carbons (Fsp3) is 0.462. The van der Waals surface area contributed by atoms with Gasteiger partial charge in [-0.1, -0.05) is 30.3 Å². The Bertz CT molecular complexity index is 392. The zero-order valence-corrected chi connectivity index (χ0v) is 10.7. The van der Waals surface area contributed by atoms with E-state index in [2.05, 4.69) is 4.99 Å². The maximum atomic E-state index is 6.01.